The maximum atomic E-state index is 11.6. The first-order valence-electron chi connectivity index (χ1n) is 5.82. The number of nitrogens with zero attached hydrogens (tertiary/aromatic N) is 1. The van der Waals surface area contributed by atoms with E-state index in [9.17, 15) is 9.59 Å². The third-order valence-electron chi connectivity index (χ3n) is 2.90. The summed E-state index contributed by atoms with van der Waals surface area (Å²) in [5.74, 6) is -1.05. The molecule has 7 heteroatoms. The van der Waals surface area contributed by atoms with E-state index in [-0.39, 0.29) is 23.8 Å². The van der Waals surface area contributed by atoms with Crippen molar-refractivity contribution in [1.29, 1.82) is 0 Å². The van der Waals surface area contributed by atoms with Crippen LogP contribution in [0.15, 0.2) is 5.38 Å². The Morgan fingerprint density at radius 3 is 2.78 bits per heavy atom. The summed E-state index contributed by atoms with van der Waals surface area (Å²) in [6.07, 6.45) is 3.22. The lowest BCUT2D eigenvalue weighted by Crippen LogP contribution is -2.45. The number of hydrogen-bond donors (Lipinski definition) is 3. The summed E-state index contributed by atoms with van der Waals surface area (Å²) in [7, 11) is 0. The summed E-state index contributed by atoms with van der Waals surface area (Å²) in [5, 5.41) is 16.4. The Labute approximate surface area is 108 Å². The number of amides is 2. The Balaban J connectivity index is 1.87. The van der Waals surface area contributed by atoms with Gasteiger partial charge in [0.15, 0.2) is 5.69 Å². The van der Waals surface area contributed by atoms with E-state index in [1.54, 1.807) is 6.92 Å². The fourth-order valence-corrected chi connectivity index (χ4v) is 2.42. The lowest BCUT2D eigenvalue weighted by atomic mass is 9.93. The monoisotopic (exact) mass is 269 g/mol. The Hall–Kier alpha value is -1.63. The maximum Gasteiger partial charge on any atom is 0.355 e. The number of carbonyl (C=O) groups is 2. The van der Waals surface area contributed by atoms with E-state index >= 15 is 0 Å². The van der Waals surface area contributed by atoms with Crippen molar-refractivity contribution < 1.29 is 14.7 Å². The van der Waals surface area contributed by atoms with Crippen molar-refractivity contribution in [3.8, 4) is 0 Å². The van der Waals surface area contributed by atoms with Gasteiger partial charge in [0.2, 0.25) is 0 Å². The van der Waals surface area contributed by atoms with Crippen molar-refractivity contribution in [3.05, 3.63) is 16.1 Å². The third kappa shape index (κ3) is 2.98. The summed E-state index contributed by atoms with van der Waals surface area (Å²) in [5.41, 5.74) is 0.0167. The van der Waals surface area contributed by atoms with Crippen LogP contribution < -0.4 is 10.6 Å². The van der Waals surface area contributed by atoms with Crippen molar-refractivity contribution in [2.24, 2.45) is 0 Å². The topological polar surface area (TPSA) is 91.3 Å². The van der Waals surface area contributed by atoms with Gasteiger partial charge in [0.25, 0.3) is 0 Å². The molecule has 0 saturated heterocycles. The number of urea groups is 1. The number of aromatic carboxylic acids is 1. The van der Waals surface area contributed by atoms with Crippen LogP contribution in [0.1, 0.15) is 47.7 Å². The molecule has 0 bridgehead atoms. The van der Waals surface area contributed by atoms with Crippen LogP contribution in [-0.4, -0.2) is 28.1 Å². The van der Waals surface area contributed by atoms with Gasteiger partial charge < -0.3 is 15.7 Å². The molecule has 2 amide bonds. The van der Waals surface area contributed by atoms with E-state index in [0.29, 0.717) is 5.01 Å². The first kappa shape index (κ1) is 12.8. The number of carbonyl (C=O) groups excluding carboxylic acids is 1. The molecule has 18 heavy (non-hydrogen) atoms. The molecular weight excluding hydrogens is 254 g/mol. The highest BCUT2D eigenvalue weighted by molar-refractivity contribution is 7.09. The molecule has 1 aromatic heterocycles. The van der Waals surface area contributed by atoms with Crippen LogP contribution in [0.2, 0.25) is 0 Å². The molecule has 1 atom stereocenters. The fourth-order valence-electron chi connectivity index (χ4n) is 1.62. The molecule has 6 nitrogen and oxygen atoms in total. The number of aromatic nitrogens is 1. The number of hydrogen-bond acceptors (Lipinski definition) is 4. The van der Waals surface area contributed by atoms with E-state index in [2.05, 4.69) is 15.6 Å². The molecule has 2 rings (SSSR count). The average molecular weight is 269 g/mol. The second-order valence-electron chi connectivity index (χ2n) is 4.34. The zero-order valence-corrected chi connectivity index (χ0v) is 10.8. The molecule has 98 valence electrons. The summed E-state index contributed by atoms with van der Waals surface area (Å²) in [6, 6.07) is -0.231. The van der Waals surface area contributed by atoms with Gasteiger partial charge in [-0.1, -0.05) is 0 Å². The zero-order chi connectivity index (χ0) is 13.1. The molecule has 1 saturated carbocycles. The first-order valence-corrected chi connectivity index (χ1v) is 6.70. The molecule has 1 unspecified atom stereocenters. The Bertz CT molecular complexity index is 456. The van der Waals surface area contributed by atoms with Crippen molar-refractivity contribution in [3.63, 3.8) is 0 Å². The molecule has 1 aromatic rings. The normalized spacial score (nSPS) is 16.7. The molecule has 0 aliphatic heterocycles. The molecule has 1 heterocycles. The molecule has 0 aromatic carbocycles. The molecule has 1 aliphatic rings. The van der Waals surface area contributed by atoms with Gasteiger partial charge in [-0.15, -0.1) is 11.3 Å². The molecule has 1 fully saturated rings. The number of thiazole rings is 1. The standard InChI is InChI=1S/C11H15N3O3S/c1-6(9-14-8(5-18-9)10(15)16)12-11(17)13-7-3-2-4-7/h5-7H,2-4H2,1H3,(H,15,16)(H2,12,13,17). The SMILES string of the molecule is CC(NC(=O)NC1CCC1)c1nc(C(=O)O)cs1. The van der Waals surface area contributed by atoms with Crippen molar-refractivity contribution in [1.82, 2.24) is 15.6 Å². The van der Waals surface area contributed by atoms with Crippen molar-refractivity contribution >= 4 is 23.3 Å². The number of nitrogens with one attached hydrogen (secondary N) is 2. The quantitative estimate of drug-likeness (QED) is 0.776. The van der Waals surface area contributed by atoms with E-state index in [4.69, 9.17) is 5.11 Å². The van der Waals surface area contributed by atoms with Gasteiger partial charge in [-0.2, -0.15) is 0 Å². The van der Waals surface area contributed by atoms with Gasteiger partial charge in [0.05, 0.1) is 6.04 Å². The third-order valence-corrected chi connectivity index (χ3v) is 3.93. The first-order chi connectivity index (χ1) is 8.56. The summed E-state index contributed by atoms with van der Waals surface area (Å²) >= 11 is 1.23. The van der Waals surface area contributed by atoms with E-state index in [0.717, 1.165) is 19.3 Å². The highest BCUT2D eigenvalue weighted by Crippen LogP contribution is 2.19. The minimum Gasteiger partial charge on any atom is -0.476 e. The van der Waals surface area contributed by atoms with Crippen LogP contribution in [-0.2, 0) is 0 Å². The smallest absolute Gasteiger partial charge is 0.355 e. The molecule has 0 spiro atoms. The summed E-state index contributed by atoms with van der Waals surface area (Å²) in [6.45, 7) is 1.78. The number of rotatable bonds is 4. The van der Waals surface area contributed by atoms with Gasteiger partial charge in [-0.3, -0.25) is 0 Å². The molecule has 1 aliphatic carbocycles. The van der Waals surface area contributed by atoms with Gasteiger partial charge in [-0.25, -0.2) is 14.6 Å². The zero-order valence-electron chi connectivity index (χ0n) is 9.97. The second kappa shape index (κ2) is 5.34. The van der Waals surface area contributed by atoms with Crippen LogP contribution in [0.4, 0.5) is 4.79 Å². The highest BCUT2D eigenvalue weighted by atomic mass is 32.1. The van der Waals surface area contributed by atoms with Crippen molar-refractivity contribution in [2.75, 3.05) is 0 Å². The van der Waals surface area contributed by atoms with E-state index in [1.165, 1.54) is 16.7 Å². The predicted molar refractivity (Wildman–Crippen MR) is 66.8 cm³/mol. The lowest BCUT2D eigenvalue weighted by Gasteiger charge is -2.27. The largest absolute Gasteiger partial charge is 0.476 e. The summed E-state index contributed by atoms with van der Waals surface area (Å²) < 4.78 is 0. The van der Waals surface area contributed by atoms with Crippen LogP contribution >= 0.6 is 11.3 Å². The van der Waals surface area contributed by atoms with E-state index < -0.39 is 5.97 Å². The van der Waals surface area contributed by atoms with Gasteiger partial charge >= 0.3 is 12.0 Å². The van der Waals surface area contributed by atoms with Crippen LogP contribution in [0.5, 0.6) is 0 Å². The fraction of sp³-hybridized carbons (Fsp3) is 0.545. The van der Waals surface area contributed by atoms with Gasteiger partial charge in [-0.05, 0) is 26.2 Å². The Kier molecular flexibility index (Phi) is 3.81. The Morgan fingerprint density at radius 1 is 1.56 bits per heavy atom. The molecular formula is C11H15N3O3S. The second-order valence-corrected chi connectivity index (χ2v) is 5.23. The van der Waals surface area contributed by atoms with Crippen LogP contribution in [0.25, 0.3) is 0 Å². The lowest BCUT2D eigenvalue weighted by molar-refractivity contribution is 0.0691. The van der Waals surface area contributed by atoms with Gasteiger partial charge in [0, 0.05) is 11.4 Å². The average Bonchev–Trinajstić information content (AvgIpc) is 2.72. The van der Waals surface area contributed by atoms with Crippen LogP contribution in [0.3, 0.4) is 0 Å². The number of carboxylic acid groups (broad SMARTS) is 1. The Morgan fingerprint density at radius 2 is 2.28 bits per heavy atom. The van der Waals surface area contributed by atoms with E-state index in [1.807, 2.05) is 0 Å². The van der Waals surface area contributed by atoms with Crippen molar-refractivity contribution in [2.45, 2.75) is 38.3 Å². The van der Waals surface area contributed by atoms with Gasteiger partial charge in [0.1, 0.15) is 5.01 Å². The number of carboxylic acids is 1. The maximum absolute atomic E-state index is 11.6. The summed E-state index contributed by atoms with van der Waals surface area (Å²) in [4.78, 5) is 26.3. The minimum absolute atomic E-state index is 0.0167. The highest BCUT2D eigenvalue weighted by Gasteiger charge is 2.21. The predicted octanol–water partition coefficient (Wildman–Crippen LogP) is 1.75. The molecule has 0 radical (unpaired) electrons. The minimum atomic E-state index is -1.05. The molecule has 3 N–H and O–H groups in total. The van der Waals surface area contributed by atoms with Crippen LogP contribution in [0, 0.1) is 0 Å².